The largest absolute Gasteiger partial charge is 0.478 e. The average molecular weight is 456 g/mol. The number of rotatable bonds is 2. The van der Waals surface area contributed by atoms with Gasteiger partial charge in [-0.2, -0.15) is 5.10 Å². The van der Waals surface area contributed by atoms with Gasteiger partial charge in [0.1, 0.15) is 17.9 Å². The summed E-state index contributed by atoms with van der Waals surface area (Å²) in [6.45, 7) is 1.12. The summed E-state index contributed by atoms with van der Waals surface area (Å²) in [5.74, 6) is -0.879. The SMILES string of the molecule is O=C1C(c2ccc(F)c(Cl)c2)=C(c2ccc3ncnn3c2)OC12CCC1(CC2)OCCO1. The van der Waals surface area contributed by atoms with E-state index < -0.39 is 17.2 Å². The first kappa shape index (κ1) is 19.8. The molecular weight excluding hydrogens is 437 g/mol. The minimum absolute atomic E-state index is 0.0508. The van der Waals surface area contributed by atoms with Crippen LogP contribution in [0.1, 0.15) is 36.8 Å². The van der Waals surface area contributed by atoms with Gasteiger partial charge in [-0.1, -0.05) is 17.7 Å². The van der Waals surface area contributed by atoms with Crippen molar-refractivity contribution in [1.29, 1.82) is 0 Å². The average Bonchev–Trinajstić information content (AvgIpc) is 3.51. The molecule has 3 aromatic rings. The van der Waals surface area contributed by atoms with Gasteiger partial charge in [-0.15, -0.1) is 0 Å². The maximum absolute atomic E-state index is 13.8. The molecule has 1 aliphatic carbocycles. The van der Waals surface area contributed by atoms with Crippen LogP contribution in [0.15, 0.2) is 42.9 Å². The molecule has 0 N–H and O–H groups in total. The molecule has 1 aromatic carbocycles. The first-order valence-electron chi connectivity index (χ1n) is 10.5. The summed E-state index contributed by atoms with van der Waals surface area (Å²) in [5.41, 5.74) is 1.23. The molecule has 0 bridgehead atoms. The molecule has 2 spiro atoms. The summed E-state index contributed by atoms with van der Waals surface area (Å²) in [6, 6.07) is 7.92. The molecule has 1 saturated carbocycles. The van der Waals surface area contributed by atoms with E-state index in [4.69, 9.17) is 25.8 Å². The van der Waals surface area contributed by atoms with Crippen molar-refractivity contribution in [2.75, 3.05) is 13.2 Å². The number of hydrogen-bond donors (Lipinski definition) is 0. The molecule has 2 fully saturated rings. The Labute approximate surface area is 187 Å². The summed E-state index contributed by atoms with van der Waals surface area (Å²) in [4.78, 5) is 18.0. The summed E-state index contributed by atoms with van der Waals surface area (Å²) in [7, 11) is 0. The summed E-state index contributed by atoms with van der Waals surface area (Å²) >= 11 is 6.05. The van der Waals surface area contributed by atoms with Crippen LogP contribution in [0.4, 0.5) is 4.39 Å². The topological polar surface area (TPSA) is 75.0 Å². The van der Waals surface area contributed by atoms with Crippen molar-refractivity contribution in [3.63, 3.8) is 0 Å². The van der Waals surface area contributed by atoms with Crippen LogP contribution in [0.5, 0.6) is 0 Å². The number of pyridine rings is 1. The lowest BCUT2D eigenvalue weighted by atomic mass is 9.77. The normalized spacial score (nSPS) is 21.8. The molecule has 3 aliphatic rings. The van der Waals surface area contributed by atoms with Crippen LogP contribution in [0.3, 0.4) is 0 Å². The van der Waals surface area contributed by atoms with Crippen LogP contribution in [0, 0.1) is 5.82 Å². The molecule has 2 aliphatic heterocycles. The van der Waals surface area contributed by atoms with E-state index in [1.54, 1.807) is 22.8 Å². The Balaban J connectivity index is 1.45. The van der Waals surface area contributed by atoms with Crippen LogP contribution in [0.25, 0.3) is 17.0 Å². The van der Waals surface area contributed by atoms with Crippen LogP contribution in [0.2, 0.25) is 5.02 Å². The lowest BCUT2D eigenvalue weighted by Gasteiger charge is -2.40. The molecule has 2 aromatic heterocycles. The highest BCUT2D eigenvalue weighted by molar-refractivity contribution is 6.34. The minimum Gasteiger partial charge on any atom is -0.478 e. The second kappa shape index (κ2) is 7.10. The molecule has 32 heavy (non-hydrogen) atoms. The lowest BCUT2D eigenvalue weighted by Crippen LogP contribution is -2.47. The van der Waals surface area contributed by atoms with Crippen molar-refractivity contribution in [3.05, 3.63) is 64.8 Å². The van der Waals surface area contributed by atoms with Gasteiger partial charge in [0.15, 0.2) is 17.0 Å². The van der Waals surface area contributed by atoms with Crippen molar-refractivity contribution in [2.24, 2.45) is 0 Å². The molecular formula is C23H19ClFN3O4. The van der Waals surface area contributed by atoms with Gasteiger partial charge in [-0.05, 0) is 42.7 Å². The Morgan fingerprint density at radius 2 is 1.78 bits per heavy atom. The Kier molecular flexibility index (Phi) is 4.40. The van der Waals surface area contributed by atoms with Crippen LogP contribution in [-0.2, 0) is 19.0 Å². The monoisotopic (exact) mass is 455 g/mol. The number of carbonyl (C=O) groups excluding carboxylic acids is 1. The standard InChI is InChI=1S/C23H19ClFN3O4/c24-16-11-14(1-3-17(16)25)19-20(15-2-4-18-26-13-27-28(18)12-15)32-22(21(19)29)5-7-23(8-6-22)30-9-10-31-23/h1-4,11-13H,5-10H2. The fourth-order valence-corrected chi connectivity index (χ4v) is 5.02. The number of fused-ring (bicyclic) bond motifs is 1. The predicted molar refractivity (Wildman–Crippen MR) is 113 cm³/mol. The molecule has 0 amide bonds. The highest BCUT2D eigenvalue weighted by Gasteiger charge is 2.56. The van der Waals surface area contributed by atoms with Gasteiger partial charge in [-0.3, -0.25) is 4.79 Å². The number of ether oxygens (including phenoxy) is 3. The fourth-order valence-electron chi connectivity index (χ4n) is 4.84. The van der Waals surface area contributed by atoms with Gasteiger partial charge in [0.25, 0.3) is 0 Å². The van der Waals surface area contributed by atoms with Gasteiger partial charge >= 0.3 is 0 Å². The van der Waals surface area contributed by atoms with Crippen LogP contribution in [-0.4, -0.2) is 45.0 Å². The highest BCUT2D eigenvalue weighted by atomic mass is 35.5. The number of Topliss-reactive ketones (excluding diaryl/α,β-unsaturated/α-hetero) is 1. The van der Waals surface area contributed by atoms with Crippen molar-refractivity contribution in [2.45, 2.75) is 37.1 Å². The molecule has 6 rings (SSSR count). The Bertz CT molecular complexity index is 1270. The maximum Gasteiger partial charge on any atom is 0.210 e. The molecule has 0 radical (unpaired) electrons. The smallest absolute Gasteiger partial charge is 0.210 e. The number of carbonyl (C=O) groups is 1. The summed E-state index contributed by atoms with van der Waals surface area (Å²) < 4.78 is 33.6. The van der Waals surface area contributed by atoms with E-state index >= 15 is 0 Å². The molecule has 4 heterocycles. The second-order valence-corrected chi connectivity index (χ2v) is 8.75. The number of benzene rings is 1. The van der Waals surface area contributed by atoms with E-state index in [0.717, 1.165) is 0 Å². The third-order valence-electron chi connectivity index (χ3n) is 6.54. The van der Waals surface area contributed by atoms with Crippen molar-refractivity contribution >= 4 is 34.4 Å². The molecule has 0 atom stereocenters. The third kappa shape index (κ3) is 2.97. The van der Waals surface area contributed by atoms with E-state index in [-0.39, 0.29) is 10.8 Å². The number of ketones is 1. The molecule has 9 heteroatoms. The number of hydrogen-bond acceptors (Lipinski definition) is 6. The predicted octanol–water partition coefficient (Wildman–Crippen LogP) is 4.05. The quantitative estimate of drug-likeness (QED) is 0.580. The van der Waals surface area contributed by atoms with Crippen molar-refractivity contribution in [3.8, 4) is 0 Å². The molecule has 164 valence electrons. The van der Waals surface area contributed by atoms with E-state index in [1.807, 2.05) is 6.07 Å². The summed E-state index contributed by atoms with van der Waals surface area (Å²) in [5, 5.41) is 4.13. The van der Waals surface area contributed by atoms with E-state index in [1.165, 1.54) is 18.5 Å². The van der Waals surface area contributed by atoms with Gasteiger partial charge in [-0.25, -0.2) is 13.9 Å². The minimum atomic E-state index is -1.02. The fraction of sp³-hybridized carbons (Fsp3) is 0.348. The van der Waals surface area contributed by atoms with Gasteiger partial charge in [0.05, 0.1) is 23.8 Å². The second-order valence-electron chi connectivity index (χ2n) is 8.35. The molecule has 7 nitrogen and oxygen atoms in total. The van der Waals surface area contributed by atoms with Crippen molar-refractivity contribution in [1.82, 2.24) is 14.6 Å². The zero-order valence-electron chi connectivity index (χ0n) is 17.0. The van der Waals surface area contributed by atoms with E-state index in [0.29, 0.717) is 67.0 Å². The van der Waals surface area contributed by atoms with Gasteiger partial charge < -0.3 is 14.2 Å². The summed E-state index contributed by atoms with van der Waals surface area (Å²) in [6.07, 6.45) is 5.26. The zero-order chi connectivity index (χ0) is 21.9. The Hall–Kier alpha value is -2.81. The Morgan fingerprint density at radius 1 is 1.03 bits per heavy atom. The van der Waals surface area contributed by atoms with Gasteiger partial charge in [0, 0.05) is 24.6 Å². The van der Waals surface area contributed by atoms with Crippen LogP contribution >= 0.6 is 11.6 Å². The Morgan fingerprint density at radius 3 is 2.53 bits per heavy atom. The lowest BCUT2D eigenvalue weighted by molar-refractivity contribution is -0.199. The first-order valence-corrected chi connectivity index (χ1v) is 10.9. The number of nitrogens with zero attached hydrogens (tertiary/aromatic N) is 3. The number of halogens is 2. The highest BCUT2D eigenvalue weighted by Crippen LogP contribution is 2.51. The molecule has 1 saturated heterocycles. The molecule has 0 unspecified atom stereocenters. The maximum atomic E-state index is 13.8. The van der Waals surface area contributed by atoms with E-state index in [9.17, 15) is 9.18 Å². The van der Waals surface area contributed by atoms with Gasteiger partial charge in [0.2, 0.25) is 5.78 Å². The first-order chi connectivity index (χ1) is 15.5. The third-order valence-corrected chi connectivity index (χ3v) is 6.83. The van der Waals surface area contributed by atoms with Crippen LogP contribution < -0.4 is 0 Å². The van der Waals surface area contributed by atoms with Crippen molar-refractivity contribution < 1.29 is 23.4 Å². The zero-order valence-corrected chi connectivity index (χ0v) is 17.8. The van der Waals surface area contributed by atoms with E-state index in [2.05, 4.69) is 10.1 Å². The number of aromatic nitrogens is 3.